The number of benzene rings is 2. The summed E-state index contributed by atoms with van der Waals surface area (Å²) in [6.45, 7) is 0.394. The fourth-order valence-corrected chi connectivity index (χ4v) is 3.16. The van der Waals surface area contributed by atoms with Crippen molar-refractivity contribution in [3.8, 4) is 0 Å². The van der Waals surface area contributed by atoms with Crippen LogP contribution in [-0.2, 0) is 18.3 Å². The van der Waals surface area contributed by atoms with Crippen LogP contribution in [0.15, 0.2) is 54.7 Å². The molecule has 0 saturated heterocycles. The number of methoxy groups -OCH3 is 1. The summed E-state index contributed by atoms with van der Waals surface area (Å²) >= 11 is 0. The van der Waals surface area contributed by atoms with Gasteiger partial charge in [-0.2, -0.15) is 5.10 Å². The van der Waals surface area contributed by atoms with Crippen molar-refractivity contribution in [1.82, 2.24) is 9.78 Å². The third-order valence-corrected chi connectivity index (χ3v) is 4.59. The molecule has 0 unspecified atom stereocenters. The molecule has 0 aliphatic carbocycles. The van der Waals surface area contributed by atoms with Gasteiger partial charge in [-0.3, -0.25) is 9.48 Å². The van der Waals surface area contributed by atoms with Crippen LogP contribution < -0.4 is 10.2 Å². The molecule has 7 nitrogen and oxygen atoms in total. The van der Waals surface area contributed by atoms with Crippen molar-refractivity contribution in [2.24, 2.45) is 7.05 Å². The maximum absolute atomic E-state index is 13.2. The molecule has 0 fully saturated rings. The van der Waals surface area contributed by atoms with Gasteiger partial charge in [-0.1, -0.05) is 12.1 Å². The molecular weight excluding hydrogens is 344 g/mol. The number of fused-ring (bicyclic) bond motifs is 2. The highest BCUT2D eigenvalue weighted by Crippen LogP contribution is 2.36. The van der Waals surface area contributed by atoms with Crippen molar-refractivity contribution < 1.29 is 14.3 Å². The van der Waals surface area contributed by atoms with Crippen molar-refractivity contribution in [3.63, 3.8) is 0 Å². The monoisotopic (exact) mass is 362 g/mol. The Hall–Kier alpha value is -3.61. The SMILES string of the molecule is COC(=O)c1ccc(C(=O)N2Cc3cnn(C)c3Nc3ccccc32)cc1. The minimum atomic E-state index is -0.432. The Kier molecular flexibility index (Phi) is 4.12. The smallest absolute Gasteiger partial charge is 0.337 e. The molecule has 0 saturated carbocycles. The maximum atomic E-state index is 13.2. The molecule has 2 aromatic carbocycles. The van der Waals surface area contributed by atoms with Gasteiger partial charge in [0.15, 0.2) is 0 Å². The zero-order valence-corrected chi connectivity index (χ0v) is 15.0. The second kappa shape index (κ2) is 6.60. The molecule has 1 aromatic heterocycles. The molecule has 1 aliphatic rings. The first-order chi connectivity index (χ1) is 13.1. The number of ether oxygens (including phenoxy) is 1. The first kappa shape index (κ1) is 16.8. The van der Waals surface area contributed by atoms with Crippen LogP contribution in [0.25, 0.3) is 0 Å². The Balaban J connectivity index is 1.73. The van der Waals surface area contributed by atoms with Crippen LogP contribution in [-0.4, -0.2) is 28.8 Å². The van der Waals surface area contributed by atoms with E-state index in [1.54, 1.807) is 40.0 Å². The average Bonchev–Trinajstić information content (AvgIpc) is 2.95. The third-order valence-electron chi connectivity index (χ3n) is 4.59. The Morgan fingerprint density at radius 3 is 2.52 bits per heavy atom. The molecule has 1 amide bonds. The van der Waals surface area contributed by atoms with E-state index in [0.29, 0.717) is 17.7 Å². The number of nitrogens with one attached hydrogen (secondary N) is 1. The Morgan fingerprint density at radius 1 is 1.07 bits per heavy atom. The Labute approximate surface area is 156 Å². The highest BCUT2D eigenvalue weighted by atomic mass is 16.5. The molecule has 136 valence electrons. The standard InChI is InChI=1S/C20H18N4O3/c1-23-18-15(11-21-23)12-24(17-6-4-3-5-16(17)22-18)19(25)13-7-9-14(10-8-13)20(26)27-2/h3-11,22H,12H2,1-2H3. The summed E-state index contributed by atoms with van der Waals surface area (Å²) in [5.74, 6) is 0.273. The third kappa shape index (κ3) is 2.93. The molecule has 4 rings (SSSR count). The molecular formula is C20H18N4O3. The van der Waals surface area contributed by atoms with E-state index in [-0.39, 0.29) is 5.91 Å². The zero-order valence-electron chi connectivity index (χ0n) is 15.0. The van der Waals surface area contributed by atoms with E-state index in [0.717, 1.165) is 22.8 Å². The van der Waals surface area contributed by atoms with E-state index in [1.165, 1.54) is 7.11 Å². The number of nitrogens with zero attached hydrogens (tertiary/aromatic N) is 3. The van der Waals surface area contributed by atoms with Gasteiger partial charge in [0.1, 0.15) is 5.82 Å². The number of anilines is 3. The molecule has 0 atom stereocenters. The highest BCUT2D eigenvalue weighted by molar-refractivity contribution is 6.08. The Morgan fingerprint density at radius 2 is 1.78 bits per heavy atom. The lowest BCUT2D eigenvalue weighted by Gasteiger charge is -2.22. The van der Waals surface area contributed by atoms with Gasteiger partial charge in [-0.15, -0.1) is 0 Å². The van der Waals surface area contributed by atoms with Crippen molar-refractivity contribution in [2.75, 3.05) is 17.3 Å². The molecule has 0 bridgehead atoms. The number of amides is 1. The molecule has 1 aliphatic heterocycles. The summed E-state index contributed by atoms with van der Waals surface area (Å²) in [6, 6.07) is 14.1. The van der Waals surface area contributed by atoms with Gasteiger partial charge in [0, 0.05) is 18.2 Å². The molecule has 27 heavy (non-hydrogen) atoms. The molecule has 2 heterocycles. The van der Waals surface area contributed by atoms with Crippen molar-refractivity contribution >= 4 is 29.1 Å². The van der Waals surface area contributed by atoms with E-state index in [4.69, 9.17) is 4.74 Å². The van der Waals surface area contributed by atoms with E-state index >= 15 is 0 Å². The minimum Gasteiger partial charge on any atom is -0.465 e. The number of esters is 1. The summed E-state index contributed by atoms with van der Waals surface area (Å²) in [7, 11) is 3.19. The van der Waals surface area contributed by atoms with Crippen LogP contribution >= 0.6 is 0 Å². The number of hydrogen-bond acceptors (Lipinski definition) is 5. The van der Waals surface area contributed by atoms with Gasteiger partial charge < -0.3 is 15.0 Å². The normalized spacial score (nSPS) is 12.4. The van der Waals surface area contributed by atoms with Gasteiger partial charge in [0.05, 0.1) is 36.8 Å². The predicted octanol–water partition coefficient (Wildman–Crippen LogP) is 3.11. The summed E-state index contributed by atoms with van der Waals surface area (Å²) in [6.07, 6.45) is 1.76. The lowest BCUT2D eigenvalue weighted by Crippen LogP contribution is -2.30. The first-order valence-electron chi connectivity index (χ1n) is 8.45. The first-order valence-corrected chi connectivity index (χ1v) is 8.45. The van der Waals surface area contributed by atoms with Gasteiger partial charge in [-0.25, -0.2) is 4.79 Å². The van der Waals surface area contributed by atoms with Crippen molar-refractivity contribution in [2.45, 2.75) is 6.54 Å². The van der Waals surface area contributed by atoms with E-state index in [1.807, 2.05) is 31.3 Å². The van der Waals surface area contributed by atoms with Crippen molar-refractivity contribution in [1.29, 1.82) is 0 Å². The van der Waals surface area contributed by atoms with Crippen LogP contribution in [0, 0.1) is 0 Å². The van der Waals surface area contributed by atoms with Crippen LogP contribution in [0.5, 0.6) is 0 Å². The molecule has 7 heteroatoms. The van der Waals surface area contributed by atoms with E-state index < -0.39 is 5.97 Å². The molecule has 0 radical (unpaired) electrons. The van der Waals surface area contributed by atoms with Crippen LogP contribution in [0.3, 0.4) is 0 Å². The van der Waals surface area contributed by atoms with Crippen LogP contribution in [0.2, 0.25) is 0 Å². The van der Waals surface area contributed by atoms with Crippen molar-refractivity contribution in [3.05, 3.63) is 71.4 Å². The lowest BCUT2D eigenvalue weighted by atomic mass is 10.1. The zero-order chi connectivity index (χ0) is 19.0. The van der Waals surface area contributed by atoms with Gasteiger partial charge in [-0.05, 0) is 36.4 Å². The van der Waals surface area contributed by atoms with Gasteiger partial charge in [0.25, 0.3) is 5.91 Å². The summed E-state index contributed by atoms with van der Waals surface area (Å²) in [5.41, 5.74) is 3.44. The number of hydrogen-bond donors (Lipinski definition) is 1. The number of para-hydroxylation sites is 2. The number of carbonyl (C=O) groups is 2. The second-order valence-electron chi connectivity index (χ2n) is 6.24. The van der Waals surface area contributed by atoms with Gasteiger partial charge in [0.2, 0.25) is 0 Å². The maximum Gasteiger partial charge on any atom is 0.337 e. The molecule has 1 N–H and O–H groups in total. The largest absolute Gasteiger partial charge is 0.465 e. The molecule has 0 spiro atoms. The topological polar surface area (TPSA) is 76.5 Å². The van der Waals surface area contributed by atoms with Crippen LogP contribution in [0.4, 0.5) is 17.2 Å². The summed E-state index contributed by atoms with van der Waals surface area (Å²) in [4.78, 5) is 26.6. The fourth-order valence-electron chi connectivity index (χ4n) is 3.16. The van der Waals surface area contributed by atoms with Gasteiger partial charge >= 0.3 is 5.97 Å². The number of rotatable bonds is 2. The lowest BCUT2D eigenvalue weighted by molar-refractivity contribution is 0.0600. The van der Waals surface area contributed by atoms with Crippen LogP contribution in [0.1, 0.15) is 26.3 Å². The number of aryl methyl sites for hydroxylation is 1. The summed E-state index contributed by atoms with van der Waals surface area (Å²) in [5, 5.41) is 7.65. The second-order valence-corrected chi connectivity index (χ2v) is 6.24. The minimum absolute atomic E-state index is 0.155. The number of aromatic nitrogens is 2. The van der Waals surface area contributed by atoms with E-state index in [2.05, 4.69) is 10.4 Å². The quantitative estimate of drug-likeness (QED) is 0.709. The highest BCUT2D eigenvalue weighted by Gasteiger charge is 2.26. The summed E-state index contributed by atoms with van der Waals surface area (Å²) < 4.78 is 6.46. The molecule has 3 aromatic rings. The average molecular weight is 362 g/mol. The predicted molar refractivity (Wildman–Crippen MR) is 101 cm³/mol. The Bertz CT molecular complexity index is 1020. The fraction of sp³-hybridized carbons (Fsp3) is 0.150. The van der Waals surface area contributed by atoms with E-state index in [9.17, 15) is 9.59 Å². The number of carbonyl (C=O) groups excluding carboxylic acids is 2.